The van der Waals surface area contributed by atoms with Crippen molar-refractivity contribution in [3.63, 3.8) is 0 Å². The summed E-state index contributed by atoms with van der Waals surface area (Å²) in [6.07, 6.45) is 9.11. The van der Waals surface area contributed by atoms with E-state index in [4.69, 9.17) is 14.8 Å². The van der Waals surface area contributed by atoms with Crippen LogP contribution in [0.2, 0.25) is 0 Å². The predicted molar refractivity (Wildman–Crippen MR) is 229 cm³/mol. The molecule has 58 heavy (non-hydrogen) atoms. The number of benzene rings is 3. The van der Waals surface area contributed by atoms with Crippen LogP contribution in [0.15, 0.2) is 78.9 Å². The van der Waals surface area contributed by atoms with Crippen LogP contribution in [0.25, 0.3) is 10.8 Å². The third kappa shape index (κ3) is 13.1. The highest BCUT2D eigenvalue weighted by molar-refractivity contribution is 7.53. The minimum absolute atomic E-state index is 0.0177. The first-order valence-electron chi connectivity index (χ1n) is 20.7. The normalized spacial score (nSPS) is 21.6. The lowest BCUT2D eigenvalue weighted by atomic mass is 9.80. The van der Waals surface area contributed by atoms with Crippen LogP contribution in [0.5, 0.6) is 0 Å². The molecular formula is C46H63N4O7P. The Morgan fingerprint density at radius 3 is 2.14 bits per heavy atom. The lowest BCUT2D eigenvalue weighted by Gasteiger charge is -2.38. The first kappa shape index (κ1) is 44.8. The Kier molecular flexibility index (Phi) is 14.8. The molecule has 3 aromatic carbocycles. The molecular weight excluding hydrogens is 752 g/mol. The molecule has 1 heterocycles. The second-order valence-electron chi connectivity index (χ2n) is 18.1. The highest BCUT2D eigenvalue weighted by atomic mass is 31.2. The van der Waals surface area contributed by atoms with Gasteiger partial charge in [0.2, 0.25) is 23.6 Å². The van der Waals surface area contributed by atoms with Gasteiger partial charge in [0.25, 0.3) is 0 Å². The molecule has 1 fully saturated rings. The number of primary amides is 1. The number of nitrogens with one attached hydrogen (secondary N) is 3. The Morgan fingerprint density at radius 1 is 0.845 bits per heavy atom. The first-order valence-corrected chi connectivity index (χ1v) is 22.4. The van der Waals surface area contributed by atoms with Crippen LogP contribution in [-0.2, 0) is 45.4 Å². The highest BCUT2D eigenvalue weighted by Crippen LogP contribution is 2.57. The van der Waals surface area contributed by atoms with Gasteiger partial charge < -0.3 is 30.7 Å². The lowest BCUT2D eigenvalue weighted by molar-refractivity contribution is -0.138. The molecule has 1 aliphatic carbocycles. The molecule has 12 heteroatoms. The molecule has 1 aliphatic heterocycles. The second kappa shape index (κ2) is 19.2. The molecule has 1 saturated carbocycles. The summed E-state index contributed by atoms with van der Waals surface area (Å²) in [7, 11) is -3.54. The van der Waals surface area contributed by atoms with Crippen molar-refractivity contribution in [2.24, 2.45) is 11.7 Å². The number of allylic oxidation sites excluding steroid dienone is 2. The molecule has 0 bridgehead atoms. The van der Waals surface area contributed by atoms with Gasteiger partial charge in [-0.1, -0.05) is 98.1 Å². The van der Waals surface area contributed by atoms with Crippen molar-refractivity contribution in [1.82, 2.24) is 16.0 Å². The van der Waals surface area contributed by atoms with E-state index in [0.29, 0.717) is 38.6 Å². The van der Waals surface area contributed by atoms with Crippen LogP contribution in [0, 0.1) is 5.92 Å². The molecule has 1 spiro atoms. The third-order valence-electron chi connectivity index (χ3n) is 10.6. The smallest absolute Gasteiger partial charge is 0.336 e. The number of carbonyl (C=O) groups is 4. The molecule has 0 aromatic heterocycles. The van der Waals surface area contributed by atoms with Crippen molar-refractivity contribution in [1.29, 1.82) is 0 Å². The van der Waals surface area contributed by atoms with Gasteiger partial charge in [0.1, 0.15) is 11.6 Å². The predicted octanol–water partition coefficient (Wildman–Crippen LogP) is 8.14. The number of rotatable bonds is 9. The minimum Gasteiger partial charge on any atom is -0.370 e. The third-order valence-corrected chi connectivity index (χ3v) is 13.0. The van der Waals surface area contributed by atoms with Gasteiger partial charge in [-0.2, -0.15) is 0 Å². The Bertz CT molecular complexity index is 1970. The van der Waals surface area contributed by atoms with Crippen LogP contribution in [0.3, 0.4) is 0 Å². The lowest BCUT2D eigenvalue weighted by Crippen LogP contribution is -2.63. The quantitative estimate of drug-likeness (QED) is 0.125. The molecule has 3 aromatic rings. The summed E-state index contributed by atoms with van der Waals surface area (Å²) in [5.41, 5.74) is 5.86. The van der Waals surface area contributed by atoms with Crippen LogP contribution < -0.4 is 21.7 Å². The van der Waals surface area contributed by atoms with Crippen molar-refractivity contribution < 1.29 is 32.8 Å². The van der Waals surface area contributed by atoms with Gasteiger partial charge in [0.05, 0.1) is 23.8 Å². The summed E-state index contributed by atoms with van der Waals surface area (Å²) in [4.78, 5) is 54.1. The molecule has 4 amide bonds. The number of carbonyl (C=O) groups excluding carboxylic acids is 4. The zero-order chi connectivity index (χ0) is 42.1. The maximum Gasteiger partial charge on any atom is 0.336 e. The van der Waals surface area contributed by atoms with Gasteiger partial charge >= 0.3 is 7.60 Å². The van der Waals surface area contributed by atoms with E-state index in [1.54, 1.807) is 0 Å². The van der Waals surface area contributed by atoms with E-state index in [2.05, 4.69) is 52.4 Å². The monoisotopic (exact) mass is 814 g/mol. The van der Waals surface area contributed by atoms with E-state index in [-0.39, 0.29) is 36.7 Å². The summed E-state index contributed by atoms with van der Waals surface area (Å²) in [6, 6.07) is 21.0. The molecule has 5 rings (SSSR count). The van der Waals surface area contributed by atoms with E-state index >= 15 is 0 Å². The van der Waals surface area contributed by atoms with E-state index in [9.17, 15) is 23.7 Å². The Morgan fingerprint density at radius 2 is 1.48 bits per heavy atom. The minimum atomic E-state index is -3.54. The molecule has 11 nitrogen and oxygen atoms in total. The summed E-state index contributed by atoms with van der Waals surface area (Å²) in [5.74, 6) is -2.22. The average molecular weight is 815 g/mol. The average Bonchev–Trinajstić information content (AvgIpc) is 3.13. The van der Waals surface area contributed by atoms with Crippen molar-refractivity contribution in [2.45, 2.75) is 141 Å². The SMILES string of the molecule is CC(C)(C)OP(=O)(Cc1ccc([C@H]2CC=CC[C@@H](Cc3cccc4ccccc34)CNC(=O)[C@H](CC(N)=O)NC(=O)C3(CCCCC3)NC(=O)C2)cc1)OC(C)(C)C. The van der Waals surface area contributed by atoms with Crippen molar-refractivity contribution in [2.75, 3.05) is 6.54 Å². The van der Waals surface area contributed by atoms with Crippen molar-refractivity contribution in [3.05, 3.63) is 95.6 Å². The van der Waals surface area contributed by atoms with Crippen molar-refractivity contribution in [3.8, 4) is 0 Å². The fraction of sp³-hybridized carbons (Fsp3) is 0.522. The summed E-state index contributed by atoms with van der Waals surface area (Å²) < 4.78 is 26.1. The molecule has 0 saturated heterocycles. The molecule has 0 unspecified atom stereocenters. The topological polar surface area (TPSA) is 166 Å². The fourth-order valence-corrected chi connectivity index (χ4v) is 10.6. The Labute approximate surface area is 344 Å². The number of amides is 4. The molecule has 314 valence electrons. The largest absolute Gasteiger partial charge is 0.370 e. The number of fused-ring (bicyclic) bond motifs is 1. The molecule has 0 radical (unpaired) electrons. The summed E-state index contributed by atoms with van der Waals surface area (Å²) in [6.45, 7) is 11.4. The van der Waals surface area contributed by atoms with Gasteiger partial charge in [-0.05, 0) is 113 Å². The number of hydrogen-bond acceptors (Lipinski definition) is 7. The van der Waals surface area contributed by atoms with Crippen LogP contribution in [0.1, 0.15) is 122 Å². The Hall–Kier alpha value is -4.31. The Balaban J connectivity index is 1.46. The zero-order valence-electron chi connectivity index (χ0n) is 35.1. The first-order chi connectivity index (χ1) is 27.3. The van der Waals surface area contributed by atoms with Gasteiger partial charge in [0, 0.05) is 13.0 Å². The molecule has 5 N–H and O–H groups in total. The van der Waals surface area contributed by atoms with Crippen LogP contribution in [0.4, 0.5) is 0 Å². The van der Waals surface area contributed by atoms with Gasteiger partial charge in [-0.25, -0.2) is 0 Å². The summed E-state index contributed by atoms with van der Waals surface area (Å²) >= 11 is 0. The maximum atomic E-state index is 14.2. The molecule has 2 aliphatic rings. The summed E-state index contributed by atoms with van der Waals surface area (Å²) in [5, 5.41) is 11.2. The van der Waals surface area contributed by atoms with Gasteiger partial charge in [-0.3, -0.25) is 23.7 Å². The highest BCUT2D eigenvalue weighted by Gasteiger charge is 2.43. The van der Waals surface area contributed by atoms with E-state index in [1.807, 2.05) is 84.0 Å². The van der Waals surface area contributed by atoms with Gasteiger partial charge in [-0.15, -0.1) is 0 Å². The van der Waals surface area contributed by atoms with E-state index in [1.165, 1.54) is 0 Å². The fourth-order valence-electron chi connectivity index (χ4n) is 8.12. The zero-order valence-corrected chi connectivity index (χ0v) is 36.0. The van der Waals surface area contributed by atoms with Crippen LogP contribution in [-0.4, -0.2) is 53.0 Å². The number of hydrogen-bond donors (Lipinski definition) is 4. The van der Waals surface area contributed by atoms with Crippen molar-refractivity contribution >= 4 is 42.0 Å². The van der Waals surface area contributed by atoms with Gasteiger partial charge in [0.15, 0.2) is 0 Å². The van der Waals surface area contributed by atoms with E-state index in [0.717, 1.165) is 46.7 Å². The van der Waals surface area contributed by atoms with Crippen LogP contribution >= 0.6 is 7.60 Å². The standard InChI is InChI=1S/C46H63N4O7P/c1-44(2,3)56-58(55,57-45(4,5)6)31-32-21-23-34(24-22-32)36-17-9-8-15-33(27-37-19-14-18-35-16-10-11-20-38(35)37)30-48-42(53)39(29-40(47)51)49-43(54)46(50-41(52)28-36)25-12-7-13-26-46/h8-11,14,16,18-24,33,36,39H,7,12-13,15,17,25-31H2,1-6H3,(H2,47,51)(H,48,53)(H,49,54)(H,50,52)/t33-,36-,39-/m0/s1. The van der Waals surface area contributed by atoms with E-state index < -0.39 is 48.1 Å². The molecule has 3 atom stereocenters. The second-order valence-corrected chi connectivity index (χ2v) is 20.0. The maximum absolute atomic E-state index is 14.2. The number of nitrogens with two attached hydrogens (primary N) is 1.